The van der Waals surface area contributed by atoms with Gasteiger partial charge in [0.05, 0.1) is 5.52 Å². The number of rotatable bonds is 5. The highest BCUT2D eigenvalue weighted by Gasteiger charge is 2.24. The minimum absolute atomic E-state index is 0.0798. The van der Waals surface area contributed by atoms with Crippen LogP contribution in [0.1, 0.15) is 39.4 Å². The number of hydrogen-bond acceptors (Lipinski definition) is 2. The average Bonchev–Trinajstić information content (AvgIpc) is 2.81. The molecule has 1 unspecified atom stereocenters. The van der Waals surface area contributed by atoms with Gasteiger partial charge in [-0.25, -0.2) is 13.8 Å². The molecular weight excluding hydrogens is 272 g/mol. The van der Waals surface area contributed by atoms with Gasteiger partial charge in [-0.1, -0.05) is 20.8 Å². The molecule has 0 bridgehead atoms. The Morgan fingerprint density at radius 3 is 2.57 bits per heavy atom. The second-order valence-electron chi connectivity index (χ2n) is 6.62. The van der Waals surface area contributed by atoms with Crippen LogP contribution in [0.5, 0.6) is 0 Å². The number of fused-ring (bicyclic) bond motifs is 1. The molecule has 0 saturated heterocycles. The van der Waals surface area contributed by atoms with Crippen LogP contribution in [0.2, 0.25) is 0 Å². The number of hydrogen-bond donors (Lipinski definition) is 2. The van der Waals surface area contributed by atoms with Crippen LogP contribution >= 0.6 is 0 Å². The van der Waals surface area contributed by atoms with Crippen molar-refractivity contribution < 1.29 is 8.78 Å². The molecule has 21 heavy (non-hydrogen) atoms. The number of benzene rings is 1. The Bertz CT molecular complexity index is 614. The molecule has 1 atom stereocenters. The molecule has 3 N–H and O–H groups in total. The molecule has 1 aromatic heterocycles. The zero-order valence-electron chi connectivity index (χ0n) is 12.8. The normalized spacial score (nSPS) is 13.8. The topological polar surface area (TPSA) is 54.7 Å². The summed E-state index contributed by atoms with van der Waals surface area (Å²) in [6.07, 6.45) is 2.58. The first-order chi connectivity index (χ1) is 9.82. The van der Waals surface area contributed by atoms with E-state index in [0.717, 1.165) is 18.9 Å². The van der Waals surface area contributed by atoms with Gasteiger partial charge in [-0.15, -0.1) is 0 Å². The molecular formula is C16H23F2N3. The van der Waals surface area contributed by atoms with Gasteiger partial charge >= 0.3 is 0 Å². The van der Waals surface area contributed by atoms with Crippen LogP contribution in [-0.2, 0) is 6.42 Å². The van der Waals surface area contributed by atoms with E-state index in [0.29, 0.717) is 30.2 Å². The van der Waals surface area contributed by atoms with E-state index in [4.69, 9.17) is 5.73 Å². The summed E-state index contributed by atoms with van der Waals surface area (Å²) in [6, 6.07) is 2.64. The largest absolute Gasteiger partial charge is 0.342 e. The summed E-state index contributed by atoms with van der Waals surface area (Å²) in [6.45, 7) is 7.24. The van der Waals surface area contributed by atoms with E-state index in [1.807, 2.05) is 0 Å². The lowest BCUT2D eigenvalue weighted by Gasteiger charge is -2.30. The van der Waals surface area contributed by atoms with Crippen molar-refractivity contribution in [2.24, 2.45) is 17.1 Å². The second kappa shape index (κ2) is 6.10. The maximum atomic E-state index is 13.6. The smallest absolute Gasteiger partial charge is 0.186 e. The Labute approximate surface area is 123 Å². The van der Waals surface area contributed by atoms with Crippen LogP contribution in [0.3, 0.4) is 0 Å². The molecule has 0 fully saturated rings. The molecule has 0 spiro atoms. The SMILES string of the molecule is CC(C)(C)C(CCN)CCc1nc2c(F)c(F)ccc2[nH]1. The zero-order chi connectivity index (χ0) is 15.6. The van der Waals surface area contributed by atoms with Crippen LogP contribution in [0.15, 0.2) is 12.1 Å². The maximum absolute atomic E-state index is 13.6. The monoisotopic (exact) mass is 295 g/mol. The molecule has 2 aromatic rings. The third kappa shape index (κ3) is 3.59. The minimum Gasteiger partial charge on any atom is -0.342 e. The number of H-pyrrole nitrogens is 1. The molecule has 0 aliphatic rings. The van der Waals surface area contributed by atoms with E-state index in [9.17, 15) is 8.78 Å². The Morgan fingerprint density at radius 1 is 1.24 bits per heavy atom. The quantitative estimate of drug-likeness (QED) is 0.882. The predicted octanol–water partition coefficient (Wildman–Crippen LogP) is 3.78. The van der Waals surface area contributed by atoms with Crippen molar-refractivity contribution in [2.75, 3.05) is 6.54 Å². The summed E-state index contributed by atoms with van der Waals surface area (Å²) in [4.78, 5) is 7.25. The number of nitrogens with one attached hydrogen (secondary N) is 1. The fourth-order valence-electron chi connectivity index (χ4n) is 2.71. The van der Waals surface area contributed by atoms with E-state index in [1.165, 1.54) is 6.07 Å². The summed E-state index contributed by atoms with van der Waals surface area (Å²) in [5, 5.41) is 0. The molecule has 1 heterocycles. The Kier molecular flexibility index (Phi) is 4.61. The van der Waals surface area contributed by atoms with Gasteiger partial charge in [0.15, 0.2) is 11.6 Å². The number of nitrogens with two attached hydrogens (primary N) is 1. The number of aromatic amines is 1. The summed E-state index contributed by atoms with van der Waals surface area (Å²) >= 11 is 0. The number of aryl methyl sites for hydroxylation is 1. The van der Waals surface area contributed by atoms with Gasteiger partial charge in [-0.2, -0.15) is 0 Å². The van der Waals surface area contributed by atoms with Crippen molar-refractivity contribution in [3.63, 3.8) is 0 Å². The summed E-state index contributed by atoms with van der Waals surface area (Å²) in [5.41, 5.74) is 6.46. The Hall–Kier alpha value is -1.49. The molecule has 0 aliphatic heterocycles. The van der Waals surface area contributed by atoms with E-state index in [2.05, 4.69) is 30.7 Å². The number of imidazole rings is 1. The van der Waals surface area contributed by atoms with Gasteiger partial charge in [0.25, 0.3) is 0 Å². The maximum Gasteiger partial charge on any atom is 0.186 e. The van der Waals surface area contributed by atoms with Crippen LogP contribution in [-0.4, -0.2) is 16.5 Å². The van der Waals surface area contributed by atoms with E-state index in [1.54, 1.807) is 0 Å². The van der Waals surface area contributed by atoms with Gasteiger partial charge < -0.3 is 10.7 Å². The van der Waals surface area contributed by atoms with E-state index >= 15 is 0 Å². The average molecular weight is 295 g/mol. The Balaban J connectivity index is 2.14. The molecule has 0 amide bonds. The lowest BCUT2D eigenvalue weighted by atomic mass is 9.76. The zero-order valence-corrected chi connectivity index (χ0v) is 12.8. The number of aromatic nitrogens is 2. The van der Waals surface area contributed by atoms with Gasteiger partial charge in [-0.3, -0.25) is 0 Å². The number of halogens is 2. The molecule has 0 saturated carbocycles. The van der Waals surface area contributed by atoms with Crippen molar-refractivity contribution in [2.45, 2.75) is 40.0 Å². The fourth-order valence-corrected chi connectivity index (χ4v) is 2.71. The van der Waals surface area contributed by atoms with Gasteiger partial charge in [0.2, 0.25) is 0 Å². The van der Waals surface area contributed by atoms with Crippen molar-refractivity contribution in [3.8, 4) is 0 Å². The third-order valence-electron chi connectivity index (χ3n) is 4.06. The van der Waals surface area contributed by atoms with Crippen LogP contribution in [0, 0.1) is 23.0 Å². The van der Waals surface area contributed by atoms with E-state index < -0.39 is 11.6 Å². The molecule has 5 heteroatoms. The first-order valence-corrected chi connectivity index (χ1v) is 7.35. The lowest BCUT2D eigenvalue weighted by molar-refractivity contribution is 0.214. The van der Waals surface area contributed by atoms with Gasteiger partial charge in [0.1, 0.15) is 11.3 Å². The third-order valence-corrected chi connectivity index (χ3v) is 4.06. The molecule has 0 aliphatic carbocycles. The van der Waals surface area contributed by atoms with Crippen molar-refractivity contribution in [1.82, 2.24) is 9.97 Å². The standard InChI is InChI=1S/C16H23F2N3/c1-16(2,3)10(8-9-19)4-7-13-20-12-6-5-11(17)14(18)15(12)21-13/h5-6,10H,4,7-9,19H2,1-3H3,(H,20,21). The van der Waals surface area contributed by atoms with Crippen molar-refractivity contribution >= 4 is 11.0 Å². The molecule has 116 valence electrons. The van der Waals surface area contributed by atoms with E-state index in [-0.39, 0.29) is 10.9 Å². The van der Waals surface area contributed by atoms with Crippen LogP contribution < -0.4 is 5.73 Å². The second-order valence-corrected chi connectivity index (χ2v) is 6.62. The molecule has 0 radical (unpaired) electrons. The number of nitrogens with zero attached hydrogens (tertiary/aromatic N) is 1. The minimum atomic E-state index is -0.885. The van der Waals surface area contributed by atoms with Crippen molar-refractivity contribution in [3.05, 3.63) is 29.6 Å². The summed E-state index contributed by atoms with van der Waals surface area (Å²) in [7, 11) is 0. The Morgan fingerprint density at radius 2 is 1.95 bits per heavy atom. The summed E-state index contributed by atoms with van der Waals surface area (Å²) in [5.74, 6) is -0.585. The van der Waals surface area contributed by atoms with Gasteiger partial charge in [-0.05, 0) is 42.9 Å². The highest BCUT2D eigenvalue weighted by Crippen LogP contribution is 2.32. The summed E-state index contributed by atoms with van der Waals surface area (Å²) < 4.78 is 26.8. The lowest BCUT2D eigenvalue weighted by Crippen LogP contribution is -2.24. The molecule has 2 rings (SSSR count). The highest BCUT2D eigenvalue weighted by molar-refractivity contribution is 5.75. The molecule has 1 aromatic carbocycles. The fraction of sp³-hybridized carbons (Fsp3) is 0.562. The van der Waals surface area contributed by atoms with Crippen LogP contribution in [0.25, 0.3) is 11.0 Å². The van der Waals surface area contributed by atoms with Crippen molar-refractivity contribution in [1.29, 1.82) is 0 Å². The predicted molar refractivity (Wildman–Crippen MR) is 80.9 cm³/mol. The molecule has 3 nitrogen and oxygen atoms in total. The highest BCUT2D eigenvalue weighted by atomic mass is 19.2. The first-order valence-electron chi connectivity index (χ1n) is 7.35. The van der Waals surface area contributed by atoms with Gasteiger partial charge in [0, 0.05) is 6.42 Å². The first kappa shape index (κ1) is 15.9. The van der Waals surface area contributed by atoms with Crippen LogP contribution in [0.4, 0.5) is 8.78 Å².